The molecule has 1 aromatic heterocycles. The second-order valence-corrected chi connectivity index (χ2v) is 3.30. The fraction of sp³-hybridized carbons (Fsp3) is 0. The Bertz CT molecular complexity index is 586. The molecule has 3 aromatic rings. The molecule has 0 atom stereocenters. The van der Waals surface area contributed by atoms with Crippen LogP contribution in [0.1, 0.15) is 0 Å². The Labute approximate surface area is 85.9 Å². The molecule has 3 rings (SSSR count). The van der Waals surface area contributed by atoms with Crippen LogP contribution in [-0.4, -0.2) is 20.6 Å². The number of aromatic nitrogens is 4. The van der Waals surface area contributed by atoms with Gasteiger partial charge in [-0.05, 0) is 22.1 Å². The lowest BCUT2D eigenvalue weighted by molar-refractivity contribution is 0.881. The van der Waals surface area contributed by atoms with Crippen molar-refractivity contribution in [1.82, 2.24) is 20.6 Å². The maximum absolute atomic E-state index is 3.95. The summed E-state index contributed by atoms with van der Waals surface area (Å²) in [5.41, 5.74) is 0.974. The van der Waals surface area contributed by atoms with Gasteiger partial charge in [0, 0.05) is 5.56 Å². The predicted octanol–water partition coefficient (Wildman–Crippen LogP) is 2.02. The predicted molar refractivity (Wildman–Crippen MR) is 57.1 cm³/mol. The Kier molecular flexibility index (Phi) is 1.71. The first-order valence-electron chi connectivity index (χ1n) is 4.66. The SMILES string of the molecule is c1ccc2cc(-c3nn[nH]n3)ccc2c1. The van der Waals surface area contributed by atoms with Crippen LogP contribution in [0.5, 0.6) is 0 Å². The van der Waals surface area contributed by atoms with Gasteiger partial charge in [0.15, 0.2) is 0 Å². The summed E-state index contributed by atoms with van der Waals surface area (Å²) in [4.78, 5) is 0. The molecular formula is C11H8N4. The summed E-state index contributed by atoms with van der Waals surface area (Å²) >= 11 is 0. The molecule has 4 heteroatoms. The Morgan fingerprint density at radius 2 is 1.80 bits per heavy atom. The van der Waals surface area contributed by atoms with Crippen molar-refractivity contribution >= 4 is 10.8 Å². The lowest BCUT2D eigenvalue weighted by atomic mass is 10.1. The summed E-state index contributed by atoms with van der Waals surface area (Å²) in [7, 11) is 0. The molecule has 0 amide bonds. The average Bonchev–Trinajstić information content (AvgIpc) is 2.82. The highest BCUT2D eigenvalue weighted by molar-refractivity contribution is 5.86. The quantitative estimate of drug-likeness (QED) is 0.647. The van der Waals surface area contributed by atoms with Gasteiger partial charge in [0.2, 0.25) is 5.82 Å². The lowest BCUT2D eigenvalue weighted by Gasteiger charge is -1.98. The van der Waals surface area contributed by atoms with E-state index >= 15 is 0 Å². The molecule has 0 fully saturated rings. The minimum atomic E-state index is 0.626. The van der Waals surface area contributed by atoms with Gasteiger partial charge in [-0.25, -0.2) is 0 Å². The molecule has 0 spiro atoms. The highest BCUT2D eigenvalue weighted by atomic mass is 15.5. The molecule has 4 nitrogen and oxygen atoms in total. The van der Waals surface area contributed by atoms with E-state index < -0.39 is 0 Å². The largest absolute Gasteiger partial charge is 0.204 e. The number of aromatic amines is 1. The van der Waals surface area contributed by atoms with Crippen LogP contribution in [0, 0.1) is 0 Å². The second-order valence-electron chi connectivity index (χ2n) is 3.30. The molecule has 1 heterocycles. The van der Waals surface area contributed by atoms with E-state index in [2.05, 4.69) is 44.9 Å². The number of nitrogens with one attached hydrogen (secondary N) is 1. The summed E-state index contributed by atoms with van der Waals surface area (Å²) in [5, 5.41) is 16.3. The molecule has 0 aliphatic rings. The van der Waals surface area contributed by atoms with E-state index in [9.17, 15) is 0 Å². The van der Waals surface area contributed by atoms with Gasteiger partial charge >= 0.3 is 0 Å². The normalized spacial score (nSPS) is 10.7. The zero-order valence-electron chi connectivity index (χ0n) is 7.88. The molecule has 0 radical (unpaired) electrons. The van der Waals surface area contributed by atoms with E-state index in [1.165, 1.54) is 10.8 Å². The number of nitrogens with zero attached hydrogens (tertiary/aromatic N) is 3. The van der Waals surface area contributed by atoms with Crippen molar-refractivity contribution in [2.24, 2.45) is 0 Å². The molecule has 0 aliphatic heterocycles. The maximum Gasteiger partial charge on any atom is 0.204 e. The molecule has 0 saturated carbocycles. The maximum atomic E-state index is 3.95. The van der Waals surface area contributed by atoms with Crippen molar-refractivity contribution in [3.8, 4) is 11.4 Å². The Morgan fingerprint density at radius 1 is 0.933 bits per heavy atom. The van der Waals surface area contributed by atoms with Crippen molar-refractivity contribution in [2.75, 3.05) is 0 Å². The standard InChI is InChI=1S/C11H8N4/c1-2-4-9-7-10(6-5-8(9)3-1)11-12-14-15-13-11/h1-7H,(H,12,13,14,15). The molecule has 0 bridgehead atoms. The molecule has 15 heavy (non-hydrogen) atoms. The molecule has 1 N–H and O–H groups in total. The van der Waals surface area contributed by atoms with Crippen molar-refractivity contribution in [3.05, 3.63) is 42.5 Å². The average molecular weight is 196 g/mol. The first-order valence-corrected chi connectivity index (χ1v) is 4.66. The monoisotopic (exact) mass is 196 g/mol. The summed E-state index contributed by atoms with van der Waals surface area (Å²) < 4.78 is 0. The zero-order chi connectivity index (χ0) is 10.1. The molecule has 0 saturated heterocycles. The molecule has 0 aliphatic carbocycles. The van der Waals surface area contributed by atoms with Gasteiger partial charge in [-0.2, -0.15) is 5.21 Å². The van der Waals surface area contributed by atoms with Crippen LogP contribution in [0.15, 0.2) is 42.5 Å². The number of hydrogen-bond acceptors (Lipinski definition) is 3. The minimum absolute atomic E-state index is 0.626. The van der Waals surface area contributed by atoms with E-state index in [1.807, 2.05) is 18.2 Å². The van der Waals surface area contributed by atoms with Crippen LogP contribution in [0.4, 0.5) is 0 Å². The lowest BCUT2D eigenvalue weighted by Crippen LogP contribution is -1.81. The number of H-pyrrole nitrogens is 1. The van der Waals surface area contributed by atoms with Crippen LogP contribution < -0.4 is 0 Å². The zero-order valence-corrected chi connectivity index (χ0v) is 7.88. The van der Waals surface area contributed by atoms with Crippen molar-refractivity contribution in [3.63, 3.8) is 0 Å². The third-order valence-corrected chi connectivity index (χ3v) is 2.35. The molecule has 72 valence electrons. The third-order valence-electron chi connectivity index (χ3n) is 2.35. The highest BCUT2D eigenvalue weighted by Crippen LogP contribution is 2.20. The van der Waals surface area contributed by atoms with Gasteiger partial charge in [0.05, 0.1) is 0 Å². The summed E-state index contributed by atoms with van der Waals surface area (Å²) in [6.07, 6.45) is 0. The van der Waals surface area contributed by atoms with Gasteiger partial charge in [0.1, 0.15) is 0 Å². The first-order chi connectivity index (χ1) is 7.43. The summed E-state index contributed by atoms with van der Waals surface area (Å²) in [6, 6.07) is 14.3. The summed E-state index contributed by atoms with van der Waals surface area (Å²) in [6.45, 7) is 0. The van der Waals surface area contributed by atoms with E-state index in [1.54, 1.807) is 0 Å². The van der Waals surface area contributed by atoms with Crippen LogP contribution in [-0.2, 0) is 0 Å². The Hall–Kier alpha value is -2.23. The topological polar surface area (TPSA) is 54.5 Å². The van der Waals surface area contributed by atoms with Gasteiger partial charge in [-0.15, -0.1) is 10.2 Å². The third kappa shape index (κ3) is 1.36. The Balaban J connectivity index is 2.22. The number of tetrazole rings is 1. The van der Waals surface area contributed by atoms with Gasteiger partial charge in [-0.1, -0.05) is 36.4 Å². The fourth-order valence-corrected chi connectivity index (χ4v) is 1.61. The van der Waals surface area contributed by atoms with E-state index in [0.717, 1.165) is 5.56 Å². The van der Waals surface area contributed by atoms with Crippen molar-refractivity contribution < 1.29 is 0 Å². The number of fused-ring (bicyclic) bond motifs is 1. The van der Waals surface area contributed by atoms with Crippen molar-refractivity contribution in [2.45, 2.75) is 0 Å². The van der Waals surface area contributed by atoms with Crippen LogP contribution in [0.3, 0.4) is 0 Å². The van der Waals surface area contributed by atoms with Crippen LogP contribution >= 0.6 is 0 Å². The minimum Gasteiger partial charge on any atom is -0.177 e. The van der Waals surface area contributed by atoms with E-state index in [-0.39, 0.29) is 0 Å². The number of rotatable bonds is 1. The van der Waals surface area contributed by atoms with Crippen molar-refractivity contribution in [1.29, 1.82) is 0 Å². The number of hydrogen-bond donors (Lipinski definition) is 1. The second kappa shape index (κ2) is 3.16. The van der Waals surface area contributed by atoms with Crippen LogP contribution in [0.2, 0.25) is 0 Å². The smallest absolute Gasteiger partial charge is 0.177 e. The fourth-order valence-electron chi connectivity index (χ4n) is 1.61. The highest BCUT2D eigenvalue weighted by Gasteiger charge is 2.02. The van der Waals surface area contributed by atoms with Gasteiger partial charge in [-0.3, -0.25) is 0 Å². The van der Waals surface area contributed by atoms with Gasteiger partial charge in [0.25, 0.3) is 0 Å². The number of benzene rings is 2. The van der Waals surface area contributed by atoms with Gasteiger partial charge < -0.3 is 0 Å². The van der Waals surface area contributed by atoms with Crippen LogP contribution in [0.25, 0.3) is 22.2 Å². The van der Waals surface area contributed by atoms with E-state index in [0.29, 0.717) is 5.82 Å². The summed E-state index contributed by atoms with van der Waals surface area (Å²) in [5.74, 6) is 0.626. The molecular weight excluding hydrogens is 188 g/mol. The first kappa shape index (κ1) is 8.11. The molecule has 0 unspecified atom stereocenters. The Morgan fingerprint density at radius 3 is 2.60 bits per heavy atom. The van der Waals surface area contributed by atoms with E-state index in [4.69, 9.17) is 0 Å². The molecule has 2 aromatic carbocycles.